The molecule has 1 aromatic carbocycles. The van der Waals surface area contributed by atoms with Gasteiger partial charge in [0.2, 0.25) is 12.0 Å². The maximum atomic E-state index is 12.7. The molecule has 0 bridgehead atoms. The van der Waals surface area contributed by atoms with Gasteiger partial charge in [-0.2, -0.15) is 0 Å². The molecule has 1 aromatic rings. The molecule has 2 heterocycles. The van der Waals surface area contributed by atoms with Crippen molar-refractivity contribution in [1.29, 1.82) is 0 Å². The number of hydrogen-bond donors (Lipinski definition) is 9. The molecule has 2 saturated heterocycles. The number of carboxylic acids is 1. The monoisotopic (exact) mass is 676 g/mol. The lowest BCUT2D eigenvalue weighted by atomic mass is 9.76. The van der Waals surface area contributed by atoms with Gasteiger partial charge in [-0.15, -0.1) is 0 Å². The number of benzene rings is 1. The van der Waals surface area contributed by atoms with Crippen LogP contribution in [0.5, 0.6) is 17.2 Å². The van der Waals surface area contributed by atoms with Crippen LogP contribution in [-0.4, -0.2) is 153 Å². The topological polar surface area (TPSA) is 272 Å². The largest absolute Gasteiger partial charge is 0.493 e. The van der Waals surface area contributed by atoms with Crippen LogP contribution in [-0.2, 0) is 23.8 Å². The number of carbonyl (C=O) groups is 2. The summed E-state index contributed by atoms with van der Waals surface area (Å²) < 4.78 is 32.7. The van der Waals surface area contributed by atoms with Gasteiger partial charge in [0.1, 0.15) is 55.4 Å². The predicted octanol–water partition coefficient (Wildman–Crippen LogP) is -2.46. The van der Waals surface area contributed by atoms with Crippen molar-refractivity contribution < 1.29 is 84.0 Å². The molecular formula is C30H44O17. The van der Waals surface area contributed by atoms with Crippen molar-refractivity contribution in [3.8, 4) is 17.2 Å². The molecule has 2 fully saturated rings. The van der Waals surface area contributed by atoms with Crippen molar-refractivity contribution in [3.05, 3.63) is 23.8 Å². The van der Waals surface area contributed by atoms with Gasteiger partial charge in [0, 0.05) is 0 Å². The van der Waals surface area contributed by atoms with E-state index in [0.717, 1.165) is 0 Å². The SMILES string of the molecule is COc1cc(C=CCOC(=O)CC(C)(CC(=O)O)CC2OC(CO)C(O)C(O)C2O)cc(OC)c1OC1OC(CO)C(O)C(O)C1O. The predicted molar refractivity (Wildman–Crippen MR) is 157 cm³/mol. The minimum Gasteiger partial charge on any atom is -0.493 e. The Morgan fingerprint density at radius 1 is 0.809 bits per heavy atom. The molecule has 9 N–H and O–H groups in total. The number of ether oxygens (including phenoxy) is 6. The molecule has 0 aliphatic carbocycles. The van der Waals surface area contributed by atoms with Gasteiger partial charge in [0.05, 0.1) is 46.4 Å². The van der Waals surface area contributed by atoms with E-state index < -0.39 is 105 Å². The molecule has 0 radical (unpaired) electrons. The Kier molecular flexibility index (Phi) is 13.7. The van der Waals surface area contributed by atoms with Crippen molar-refractivity contribution in [2.75, 3.05) is 34.0 Å². The third kappa shape index (κ3) is 9.50. The van der Waals surface area contributed by atoms with Crippen LogP contribution in [0.1, 0.15) is 31.7 Å². The van der Waals surface area contributed by atoms with Crippen LogP contribution in [0.2, 0.25) is 0 Å². The second-order valence-electron chi connectivity index (χ2n) is 11.8. The summed E-state index contributed by atoms with van der Waals surface area (Å²) in [5.74, 6) is -1.76. The second-order valence-corrected chi connectivity index (χ2v) is 11.8. The van der Waals surface area contributed by atoms with Crippen LogP contribution in [0.15, 0.2) is 18.2 Å². The van der Waals surface area contributed by atoms with Crippen LogP contribution < -0.4 is 14.2 Å². The molecule has 17 nitrogen and oxygen atoms in total. The van der Waals surface area contributed by atoms with Crippen molar-refractivity contribution in [2.24, 2.45) is 5.41 Å². The van der Waals surface area contributed by atoms with Crippen molar-refractivity contribution in [2.45, 2.75) is 87.4 Å². The second kappa shape index (κ2) is 16.8. The lowest BCUT2D eigenvalue weighted by Crippen LogP contribution is -2.60. The van der Waals surface area contributed by atoms with Gasteiger partial charge in [0.25, 0.3) is 0 Å². The average Bonchev–Trinajstić information content (AvgIpc) is 3.03. The highest BCUT2D eigenvalue weighted by atomic mass is 16.7. The quantitative estimate of drug-likeness (QED) is 0.0872. The van der Waals surface area contributed by atoms with E-state index in [4.69, 9.17) is 28.4 Å². The Morgan fingerprint density at radius 3 is 1.87 bits per heavy atom. The Hall–Kier alpha value is -3.10. The molecule has 0 saturated carbocycles. The first-order valence-corrected chi connectivity index (χ1v) is 14.8. The van der Waals surface area contributed by atoms with Crippen molar-refractivity contribution in [1.82, 2.24) is 0 Å². The van der Waals surface area contributed by atoms with E-state index in [1.54, 1.807) is 6.08 Å². The molecule has 0 aromatic heterocycles. The smallest absolute Gasteiger partial charge is 0.306 e. The van der Waals surface area contributed by atoms with Crippen LogP contribution in [0.25, 0.3) is 6.08 Å². The number of aliphatic hydroxyl groups excluding tert-OH is 8. The highest BCUT2D eigenvalue weighted by Gasteiger charge is 2.47. The summed E-state index contributed by atoms with van der Waals surface area (Å²) in [5, 5.41) is 89.3. The number of carbonyl (C=O) groups excluding carboxylic acids is 1. The normalized spacial score (nSPS) is 32.4. The Labute approximate surface area is 270 Å². The lowest BCUT2D eigenvalue weighted by molar-refractivity contribution is -0.277. The zero-order chi connectivity index (χ0) is 35.1. The van der Waals surface area contributed by atoms with Crippen molar-refractivity contribution in [3.63, 3.8) is 0 Å². The summed E-state index contributed by atoms with van der Waals surface area (Å²) in [7, 11) is 2.67. The standard InChI is InChI=1S/C30H44O17/c1-30(10-20(33)34,9-17-22(36)25(39)23(37)18(12-31)45-17)11-21(35)44-6-4-5-14-7-15(42-2)28(16(8-14)43-3)47-29-27(41)26(40)24(38)19(13-32)46-29/h4-5,7-8,17-19,22-27,29,31-32,36-41H,6,9-13H2,1-3H3,(H,33,34). The summed E-state index contributed by atoms with van der Waals surface area (Å²) in [4.78, 5) is 24.4. The van der Waals surface area contributed by atoms with Gasteiger partial charge >= 0.3 is 11.9 Å². The summed E-state index contributed by atoms with van der Waals surface area (Å²) in [5.41, 5.74) is -0.799. The third-order valence-electron chi connectivity index (χ3n) is 8.05. The average molecular weight is 677 g/mol. The maximum absolute atomic E-state index is 12.7. The number of methoxy groups -OCH3 is 2. The molecule has 2 aliphatic heterocycles. The molecule has 17 heteroatoms. The van der Waals surface area contributed by atoms with E-state index in [9.17, 15) is 55.5 Å². The first kappa shape index (κ1) is 38.3. The minimum atomic E-state index is -1.67. The van der Waals surface area contributed by atoms with Crippen LogP contribution in [0.3, 0.4) is 0 Å². The van der Waals surface area contributed by atoms with E-state index >= 15 is 0 Å². The molecule has 3 rings (SSSR count). The van der Waals surface area contributed by atoms with Crippen molar-refractivity contribution >= 4 is 18.0 Å². The Bertz CT molecular complexity index is 1200. The summed E-state index contributed by atoms with van der Waals surface area (Å²) in [6.07, 6.45) is -12.9. The van der Waals surface area contributed by atoms with E-state index in [1.807, 2.05) is 0 Å². The van der Waals surface area contributed by atoms with E-state index in [0.29, 0.717) is 5.56 Å². The summed E-state index contributed by atoms with van der Waals surface area (Å²) >= 11 is 0. The Balaban J connectivity index is 1.66. The van der Waals surface area contributed by atoms with E-state index in [2.05, 4.69) is 0 Å². The van der Waals surface area contributed by atoms with Gasteiger partial charge in [-0.1, -0.05) is 13.0 Å². The zero-order valence-electron chi connectivity index (χ0n) is 26.1. The molecule has 0 amide bonds. The summed E-state index contributed by atoms with van der Waals surface area (Å²) in [6.45, 7) is -0.0521. The lowest BCUT2D eigenvalue weighted by Gasteiger charge is -2.43. The first-order chi connectivity index (χ1) is 22.2. The van der Waals surface area contributed by atoms with Gasteiger partial charge in [-0.25, -0.2) is 0 Å². The first-order valence-electron chi connectivity index (χ1n) is 14.8. The number of hydrogen-bond acceptors (Lipinski definition) is 16. The van der Waals surface area contributed by atoms with Crippen LogP contribution in [0, 0.1) is 5.41 Å². The van der Waals surface area contributed by atoms with E-state index in [1.165, 1.54) is 39.4 Å². The minimum absolute atomic E-state index is 0.0139. The van der Waals surface area contributed by atoms with Gasteiger partial charge in [-0.3, -0.25) is 9.59 Å². The highest BCUT2D eigenvalue weighted by molar-refractivity contribution is 5.73. The number of carboxylic acid groups (broad SMARTS) is 1. The highest BCUT2D eigenvalue weighted by Crippen LogP contribution is 2.41. The summed E-state index contributed by atoms with van der Waals surface area (Å²) in [6, 6.07) is 3.04. The maximum Gasteiger partial charge on any atom is 0.306 e. The number of esters is 1. The van der Waals surface area contributed by atoms with E-state index in [-0.39, 0.29) is 30.3 Å². The number of aliphatic hydroxyl groups is 8. The van der Waals surface area contributed by atoms with Gasteiger partial charge < -0.3 is 74.4 Å². The molecule has 47 heavy (non-hydrogen) atoms. The molecule has 0 spiro atoms. The third-order valence-corrected chi connectivity index (χ3v) is 8.05. The fourth-order valence-corrected chi connectivity index (χ4v) is 5.52. The fraction of sp³-hybridized carbons (Fsp3) is 0.667. The van der Waals surface area contributed by atoms with Crippen LogP contribution in [0.4, 0.5) is 0 Å². The molecular weight excluding hydrogens is 632 g/mol. The van der Waals surface area contributed by atoms with Gasteiger partial charge in [-0.05, 0) is 35.6 Å². The zero-order valence-corrected chi connectivity index (χ0v) is 26.1. The number of rotatable bonds is 15. The Morgan fingerprint density at radius 2 is 1.34 bits per heavy atom. The molecule has 11 atom stereocenters. The molecule has 266 valence electrons. The molecule has 11 unspecified atom stereocenters. The van der Waals surface area contributed by atoms with Gasteiger partial charge in [0.15, 0.2) is 11.5 Å². The number of aliphatic carboxylic acids is 1. The fourth-order valence-electron chi connectivity index (χ4n) is 5.52. The molecule has 2 aliphatic rings. The van der Waals surface area contributed by atoms with Crippen LogP contribution >= 0.6 is 0 Å².